The SMILES string of the molecule is CCc1cccc(CC)c1NC(=O)c1cnn(C)c1C. The van der Waals surface area contributed by atoms with Crippen LogP contribution >= 0.6 is 0 Å². The van der Waals surface area contributed by atoms with Gasteiger partial charge in [0.15, 0.2) is 0 Å². The molecule has 0 aliphatic carbocycles. The Morgan fingerprint density at radius 3 is 2.30 bits per heavy atom. The lowest BCUT2D eigenvalue weighted by Gasteiger charge is -2.14. The molecule has 0 radical (unpaired) electrons. The second kappa shape index (κ2) is 5.90. The second-order valence-corrected chi connectivity index (χ2v) is 4.88. The first-order chi connectivity index (χ1) is 9.58. The third-order valence-electron chi connectivity index (χ3n) is 3.72. The maximum atomic E-state index is 12.4. The molecule has 1 aromatic carbocycles. The number of rotatable bonds is 4. The van der Waals surface area contributed by atoms with E-state index in [1.807, 2.05) is 20.0 Å². The number of amides is 1. The summed E-state index contributed by atoms with van der Waals surface area (Å²) in [4.78, 5) is 12.4. The zero-order valence-electron chi connectivity index (χ0n) is 12.5. The van der Waals surface area contributed by atoms with E-state index in [4.69, 9.17) is 0 Å². The summed E-state index contributed by atoms with van der Waals surface area (Å²) in [5, 5.41) is 7.18. The third kappa shape index (κ3) is 2.59. The third-order valence-corrected chi connectivity index (χ3v) is 3.72. The molecule has 0 saturated carbocycles. The van der Waals surface area contributed by atoms with Crippen molar-refractivity contribution in [2.24, 2.45) is 7.05 Å². The standard InChI is InChI=1S/C16H21N3O/c1-5-12-8-7-9-13(6-2)15(12)18-16(20)14-10-17-19(4)11(14)3/h7-10H,5-6H2,1-4H3,(H,18,20). The second-order valence-electron chi connectivity index (χ2n) is 4.88. The maximum Gasteiger partial charge on any atom is 0.259 e. The Balaban J connectivity index is 2.34. The highest BCUT2D eigenvalue weighted by atomic mass is 16.1. The van der Waals surface area contributed by atoms with Crippen LogP contribution in [0.25, 0.3) is 0 Å². The summed E-state index contributed by atoms with van der Waals surface area (Å²) in [6.07, 6.45) is 3.41. The number of aromatic nitrogens is 2. The van der Waals surface area contributed by atoms with Gasteiger partial charge in [0, 0.05) is 18.4 Å². The molecule has 0 bridgehead atoms. The topological polar surface area (TPSA) is 46.9 Å². The molecule has 0 atom stereocenters. The summed E-state index contributed by atoms with van der Waals surface area (Å²) < 4.78 is 1.71. The first-order valence-corrected chi connectivity index (χ1v) is 6.99. The van der Waals surface area contributed by atoms with E-state index in [2.05, 4.69) is 36.4 Å². The minimum Gasteiger partial charge on any atom is -0.321 e. The van der Waals surface area contributed by atoms with Crippen LogP contribution in [-0.4, -0.2) is 15.7 Å². The number of hydrogen-bond acceptors (Lipinski definition) is 2. The minimum absolute atomic E-state index is 0.0915. The number of carbonyl (C=O) groups is 1. The summed E-state index contributed by atoms with van der Waals surface area (Å²) in [6.45, 7) is 6.09. The molecule has 0 aliphatic heterocycles. The van der Waals surface area contributed by atoms with E-state index in [0.717, 1.165) is 24.2 Å². The fourth-order valence-electron chi connectivity index (χ4n) is 2.31. The highest BCUT2D eigenvalue weighted by Crippen LogP contribution is 2.23. The lowest BCUT2D eigenvalue weighted by molar-refractivity contribution is 0.102. The molecule has 0 spiro atoms. The van der Waals surface area contributed by atoms with E-state index in [0.29, 0.717) is 5.56 Å². The van der Waals surface area contributed by atoms with Crippen LogP contribution in [0.1, 0.15) is 41.0 Å². The zero-order chi connectivity index (χ0) is 14.7. The first kappa shape index (κ1) is 14.3. The average Bonchev–Trinajstić information content (AvgIpc) is 2.79. The molecular weight excluding hydrogens is 250 g/mol. The molecule has 0 aliphatic rings. The van der Waals surface area contributed by atoms with Gasteiger partial charge >= 0.3 is 0 Å². The molecule has 2 aromatic rings. The van der Waals surface area contributed by atoms with Crippen LogP contribution in [0.4, 0.5) is 5.69 Å². The smallest absolute Gasteiger partial charge is 0.259 e. The Labute approximate surface area is 119 Å². The fraction of sp³-hybridized carbons (Fsp3) is 0.375. The number of hydrogen-bond donors (Lipinski definition) is 1. The van der Waals surface area contributed by atoms with Crippen molar-refractivity contribution in [2.75, 3.05) is 5.32 Å². The van der Waals surface area contributed by atoms with Crippen molar-refractivity contribution in [1.82, 2.24) is 9.78 Å². The predicted octanol–water partition coefficient (Wildman–Crippen LogP) is 3.11. The maximum absolute atomic E-state index is 12.4. The van der Waals surface area contributed by atoms with Crippen molar-refractivity contribution in [1.29, 1.82) is 0 Å². The number of carbonyl (C=O) groups excluding carboxylic acids is 1. The van der Waals surface area contributed by atoms with Gasteiger partial charge in [-0.3, -0.25) is 9.48 Å². The molecule has 0 saturated heterocycles. The Hall–Kier alpha value is -2.10. The van der Waals surface area contributed by atoms with E-state index in [1.54, 1.807) is 10.9 Å². The lowest BCUT2D eigenvalue weighted by Crippen LogP contribution is -2.15. The van der Waals surface area contributed by atoms with Gasteiger partial charge < -0.3 is 5.32 Å². The van der Waals surface area contributed by atoms with Crippen molar-refractivity contribution in [3.8, 4) is 0 Å². The number of para-hydroxylation sites is 1. The Kier molecular flexibility index (Phi) is 4.23. The van der Waals surface area contributed by atoms with Crippen molar-refractivity contribution in [3.63, 3.8) is 0 Å². The van der Waals surface area contributed by atoms with Gasteiger partial charge in [0.25, 0.3) is 5.91 Å². The van der Waals surface area contributed by atoms with Crippen molar-refractivity contribution >= 4 is 11.6 Å². The van der Waals surface area contributed by atoms with Gasteiger partial charge in [-0.2, -0.15) is 5.10 Å². The molecule has 106 valence electrons. The lowest BCUT2D eigenvalue weighted by atomic mass is 10.0. The largest absolute Gasteiger partial charge is 0.321 e. The molecule has 0 unspecified atom stereocenters. The van der Waals surface area contributed by atoms with Gasteiger partial charge in [-0.25, -0.2) is 0 Å². The van der Waals surface area contributed by atoms with Gasteiger partial charge in [-0.05, 0) is 30.9 Å². The molecule has 1 heterocycles. The van der Waals surface area contributed by atoms with E-state index in [9.17, 15) is 4.79 Å². The number of anilines is 1. The van der Waals surface area contributed by atoms with Crippen LogP contribution in [0, 0.1) is 6.92 Å². The van der Waals surface area contributed by atoms with Crippen molar-refractivity contribution < 1.29 is 4.79 Å². The Bertz CT molecular complexity index is 606. The summed E-state index contributed by atoms with van der Waals surface area (Å²) in [5.74, 6) is -0.0915. The van der Waals surface area contributed by atoms with Gasteiger partial charge in [0.05, 0.1) is 11.8 Å². The van der Waals surface area contributed by atoms with Crippen LogP contribution in [0.3, 0.4) is 0 Å². The summed E-state index contributed by atoms with van der Waals surface area (Å²) in [6, 6.07) is 6.17. The highest BCUT2D eigenvalue weighted by Gasteiger charge is 2.15. The highest BCUT2D eigenvalue weighted by molar-refractivity contribution is 6.05. The summed E-state index contributed by atoms with van der Waals surface area (Å²) in [5.41, 5.74) is 4.78. The van der Waals surface area contributed by atoms with E-state index < -0.39 is 0 Å². The molecule has 1 amide bonds. The van der Waals surface area contributed by atoms with Crippen LogP contribution in [0.2, 0.25) is 0 Å². The van der Waals surface area contributed by atoms with Gasteiger partial charge in [-0.15, -0.1) is 0 Å². The monoisotopic (exact) mass is 271 g/mol. The van der Waals surface area contributed by atoms with Gasteiger partial charge in [0.1, 0.15) is 0 Å². The fourth-order valence-corrected chi connectivity index (χ4v) is 2.31. The Morgan fingerprint density at radius 1 is 1.25 bits per heavy atom. The molecule has 2 rings (SSSR count). The average molecular weight is 271 g/mol. The number of nitrogens with one attached hydrogen (secondary N) is 1. The van der Waals surface area contributed by atoms with E-state index in [-0.39, 0.29) is 5.91 Å². The molecule has 4 heteroatoms. The first-order valence-electron chi connectivity index (χ1n) is 6.99. The van der Waals surface area contributed by atoms with E-state index >= 15 is 0 Å². The van der Waals surface area contributed by atoms with Gasteiger partial charge in [-0.1, -0.05) is 32.0 Å². The molecule has 20 heavy (non-hydrogen) atoms. The van der Waals surface area contributed by atoms with Crippen LogP contribution < -0.4 is 5.32 Å². The quantitative estimate of drug-likeness (QED) is 0.928. The molecule has 4 nitrogen and oxygen atoms in total. The molecule has 1 aromatic heterocycles. The predicted molar refractivity (Wildman–Crippen MR) is 81.1 cm³/mol. The number of nitrogens with zero attached hydrogens (tertiary/aromatic N) is 2. The molecule has 0 fully saturated rings. The molecular formula is C16H21N3O. The van der Waals surface area contributed by atoms with Crippen LogP contribution in [0.5, 0.6) is 0 Å². The minimum atomic E-state index is -0.0915. The Morgan fingerprint density at radius 2 is 1.85 bits per heavy atom. The molecule has 1 N–H and O–H groups in total. The van der Waals surface area contributed by atoms with Gasteiger partial charge in [0.2, 0.25) is 0 Å². The summed E-state index contributed by atoms with van der Waals surface area (Å²) >= 11 is 0. The summed E-state index contributed by atoms with van der Waals surface area (Å²) in [7, 11) is 1.84. The zero-order valence-corrected chi connectivity index (χ0v) is 12.5. The number of aryl methyl sites for hydroxylation is 3. The van der Waals surface area contributed by atoms with Crippen molar-refractivity contribution in [2.45, 2.75) is 33.6 Å². The normalized spacial score (nSPS) is 10.6. The van der Waals surface area contributed by atoms with Crippen LogP contribution in [0.15, 0.2) is 24.4 Å². The van der Waals surface area contributed by atoms with Crippen molar-refractivity contribution in [3.05, 3.63) is 46.8 Å². The van der Waals surface area contributed by atoms with E-state index in [1.165, 1.54) is 11.1 Å². The number of benzene rings is 1. The van der Waals surface area contributed by atoms with Crippen LogP contribution in [-0.2, 0) is 19.9 Å².